The smallest absolute Gasteiger partial charge is 0.347 e. The van der Waals surface area contributed by atoms with Gasteiger partial charge in [-0.2, -0.15) is 0 Å². The second-order valence-electron chi connectivity index (χ2n) is 5.67. The van der Waals surface area contributed by atoms with Gasteiger partial charge in [-0.15, -0.1) is 6.58 Å². The largest absolute Gasteiger partial charge is 0.508 e. The predicted octanol–water partition coefficient (Wildman–Crippen LogP) is 2.15. The third kappa shape index (κ3) is 2.94. The average Bonchev–Trinajstić information content (AvgIpc) is 2.77. The number of rotatable bonds is 8. The summed E-state index contributed by atoms with van der Waals surface area (Å²) in [5.74, 6) is -1.81. The van der Waals surface area contributed by atoms with Crippen molar-refractivity contribution in [2.45, 2.75) is 32.8 Å². The lowest BCUT2D eigenvalue weighted by molar-refractivity contribution is -0.179. The first-order valence-corrected chi connectivity index (χ1v) is 7.17. The number of hydrogen-bond donors (Lipinski definition) is 1. The molecule has 0 spiro atoms. The molecular weight excluding hydrogens is 288 g/mol. The highest BCUT2D eigenvalue weighted by Crippen LogP contribution is 2.46. The van der Waals surface area contributed by atoms with E-state index >= 15 is 0 Å². The summed E-state index contributed by atoms with van der Waals surface area (Å²) >= 11 is 0. The highest BCUT2D eigenvalue weighted by atomic mass is 16.7. The fraction of sp³-hybridized carbons (Fsp3) is 0.625. The molecule has 1 heterocycles. The van der Waals surface area contributed by atoms with Gasteiger partial charge >= 0.3 is 5.97 Å². The predicted molar refractivity (Wildman–Crippen MR) is 80.1 cm³/mol. The Hall–Kier alpha value is -1.66. The van der Waals surface area contributed by atoms with Crippen LogP contribution in [0.4, 0.5) is 0 Å². The molecule has 0 saturated carbocycles. The van der Waals surface area contributed by atoms with E-state index in [1.807, 2.05) is 6.92 Å². The minimum Gasteiger partial charge on any atom is -0.508 e. The number of allylic oxidation sites excluding steroid dienone is 1. The number of carbonyl (C=O) groups excluding carboxylic acids is 2. The minimum absolute atomic E-state index is 0.00549. The van der Waals surface area contributed by atoms with Gasteiger partial charge in [-0.3, -0.25) is 4.79 Å². The number of aliphatic hydroxyl groups is 1. The summed E-state index contributed by atoms with van der Waals surface area (Å²) in [4.78, 5) is 24.3. The molecule has 0 bridgehead atoms. The molecule has 0 radical (unpaired) electrons. The molecule has 1 N–H and O–H groups in total. The van der Waals surface area contributed by atoms with Crippen LogP contribution in [0.5, 0.6) is 0 Å². The van der Waals surface area contributed by atoms with Gasteiger partial charge in [0.1, 0.15) is 19.2 Å². The van der Waals surface area contributed by atoms with E-state index < -0.39 is 22.7 Å². The number of ether oxygens (including phenoxy) is 3. The van der Waals surface area contributed by atoms with Crippen molar-refractivity contribution in [1.82, 2.24) is 0 Å². The monoisotopic (exact) mass is 312 g/mol. The number of cyclic esters (lactones) is 1. The van der Waals surface area contributed by atoms with E-state index in [2.05, 4.69) is 6.58 Å². The summed E-state index contributed by atoms with van der Waals surface area (Å²) < 4.78 is 15.4. The fourth-order valence-electron chi connectivity index (χ4n) is 2.28. The molecule has 1 fully saturated rings. The van der Waals surface area contributed by atoms with Crippen LogP contribution in [0.3, 0.4) is 0 Å². The first-order valence-electron chi connectivity index (χ1n) is 7.17. The lowest BCUT2D eigenvalue weighted by atomic mass is 9.73. The van der Waals surface area contributed by atoms with Crippen molar-refractivity contribution in [2.75, 3.05) is 20.5 Å². The van der Waals surface area contributed by atoms with Crippen molar-refractivity contribution in [3.63, 3.8) is 0 Å². The summed E-state index contributed by atoms with van der Waals surface area (Å²) in [7, 11) is 1.39. The van der Waals surface area contributed by atoms with Gasteiger partial charge in [-0.25, -0.2) is 4.79 Å². The number of aliphatic hydroxyl groups excluding tert-OH is 1. The van der Waals surface area contributed by atoms with Gasteiger partial charge in [0.2, 0.25) is 5.60 Å². The Labute approximate surface area is 130 Å². The summed E-state index contributed by atoms with van der Waals surface area (Å²) in [6.07, 6.45) is 3.14. The highest BCUT2D eigenvalue weighted by molar-refractivity contribution is 5.95. The van der Waals surface area contributed by atoms with Crippen LogP contribution in [0.25, 0.3) is 0 Å². The topological polar surface area (TPSA) is 82.1 Å². The Morgan fingerprint density at radius 3 is 2.73 bits per heavy atom. The number of ketones is 1. The van der Waals surface area contributed by atoms with Crippen LogP contribution in [-0.2, 0) is 23.8 Å². The van der Waals surface area contributed by atoms with Crippen molar-refractivity contribution in [2.24, 2.45) is 11.3 Å². The summed E-state index contributed by atoms with van der Waals surface area (Å²) in [6.45, 7) is 8.71. The Morgan fingerprint density at radius 2 is 2.23 bits per heavy atom. The maximum atomic E-state index is 12.3. The molecule has 1 saturated heterocycles. The van der Waals surface area contributed by atoms with Gasteiger partial charge in [0, 0.05) is 19.1 Å². The van der Waals surface area contributed by atoms with Crippen LogP contribution < -0.4 is 0 Å². The van der Waals surface area contributed by atoms with Crippen LogP contribution in [0.1, 0.15) is 27.2 Å². The molecule has 1 rings (SSSR count). The molecule has 6 nitrogen and oxygen atoms in total. The van der Waals surface area contributed by atoms with E-state index in [0.717, 1.165) is 6.08 Å². The highest BCUT2D eigenvalue weighted by Gasteiger charge is 2.63. The van der Waals surface area contributed by atoms with Crippen molar-refractivity contribution in [1.29, 1.82) is 0 Å². The van der Waals surface area contributed by atoms with E-state index in [0.29, 0.717) is 6.42 Å². The number of carbonyl (C=O) groups is 2. The first kappa shape index (κ1) is 18.4. The summed E-state index contributed by atoms with van der Waals surface area (Å²) in [5.41, 5.74) is -2.84. The lowest BCUT2D eigenvalue weighted by Gasteiger charge is -2.35. The van der Waals surface area contributed by atoms with Crippen molar-refractivity contribution >= 4 is 11.8 Å². The van der Waals surface area contributed by atoms with Crippen molar-refractivity contribution < 1.29 is 28.9 Å². The molecule has 124 valence electrons. The van der Waals surface area contributed by atoms with Gasteiger partial charge in [-0.1, -0.05) is 19.9 Å². The van der Waals surface area contributed by atoms with Crippen LogP contribution in [0.2, 0.25) is 0 Å². The summed E-state index contributed by atoms with van der Waals surface area (Å²) in [6, 6.07) is 0. The van der Waals surface area contributed by atoms with E-state index in [1.165, 1.54) is 13.2 Å². The van der Waals surface area contributed by atoms with E-state index in [9.17, 15) is 14.7 Å². The Bertz CT molecular complexity index is 483. The summed E-state index contributed by atoms with van der Waals surface area (Å²) in [5, 5.41) is 10.5. The molecule has 0 amide bonds. The molecule has 0 unspecified atom stereocenters. The molecule has 0 aromatic carbocycles. The maximum absolute atomic E-state index is 12.3. The molecule has 0 aliphatic carbocycles. The van der Waals surface area contributed by atoms with Gasteiger partial charge in [-0.05, 0) is 13.3 Å². The number of methoxy groups -OCH3 is 1. The second kappa shape index (κ2) is 7.07. The van der Waals surface area contributed by atoms with Crippen molar-refractivity contribution in [3.05, 3.63) is 24.5 Å². The molecule has 0 aromatic heterocycles. The van der Waals surface area contributed by atoms with Gasteiger partial charge in [0.15, 0.2) is 5.78 Å². The Balaban J connectivity index is 3.33. The van der Waals surface area contributed by atoms with Gasteiger partial charge in [0.25, 0.3) is 0 Å². The molecule has 6 heteroatoms. The minimum atomic E-state index is -1.83. The van der Waals surface area contributed by atoms with Crippen LogP contribution >= 0.6 is 0 Å². The lowest BCUT2D eigenvalue weighted by Crippen LogP contribution is -2.52. The standard InChI is InChI=1S/C16H24O6/c1-6-11(3)12(17)8-13(18)16(22-10-20-5)14(19)21-9-15(16,4)7-2/h7-8,11,18H,2,6,9-10H2,1,3-5H3/b13-8-/t11-,15-,16-/m0/s1. The van der Waals surface area contributed by atoms with Gasteiger partial charge < -0.3 is 19.3 Å². The van der Waals surface area contributed by atoms with E-state index in [4.69, 9.17) is 14.2 Å². The van der Waals surface area contributed by atoms with Crippen LogP contribution in [0.15, 0.2) is 24.5 Å². The Morgan fingerprint density at radius 1 is 1.59 bits per heavy atom. The average molecular weight is 312 g/mol. The van der Waals surface area contributed by atoms with Crippen molar-refractivity contribution in [3.8, 4) is 0 Å². The number of esters is 1. The Kier molecular flexibility index (Phi) is 5.91. The zero-order valence-corrected chi connectivity index (χ0v) is 13.5. The molecule has 1 aliphatic heterocycles. The SMILES string of the molecule is C=C[C@@]1(C)COC(=O)[C@@]1(OCOC)/C(O)=C/C(=O)[C@@H](C)CC. The molecular formula is C16H24O6. The van der Waals surface area contributed by atoms with E-state index in [1.54, 1.807) is 13.8 Å². The zero-order chi connectivity index (χ0) is 17.0. The first-order chi connectivity index (χ1) is 10.3. The third-order valence-electron chi connectivity index (χ3n) is 4.18. The normalized spacial score (nSPS) is 30.0. The fourth-order valence-corrected chi connectivity index (χ4v) is 2.28. The van der Waals surface area contributed by atoms with E-state index in [-0.39, 0.29) is 25.1 Å². The van der Waals surface area contributed by atoms with Gasteiger partial charge in [0.05, 0.1) is 5.41 Å². The quantitative estimate of drug-likeness (QED) is 0.243. The molecule has 3 atom stereocenters. The molecule has 22 heavy (non-hydrogen) atoms. The maximum Gasteiger partial charge on any atom is 0.347 e. The van der Waals surface area contributed by atoms with Crippen LogP contribution in [0, 0.1) is 11.3 Å². The number of hydrogen-bond acceptors (Lipinski definition) is 6. The molecule has 0 aromatic rings. The van der Waals surface area contributed by atoms with Crippen LogP contribution in [-0.4, -0.2) is 43.0 Å². The molecule has 1 aliphatic rings. The third-order valence-corrected chi connectivity index (χ3v) is 4.18. The zero-order valence-electron chi connectivity index (χ0n) is 13.5. The second-order valence-corrected chi connectivity index (χ2v) is 5.67.